The van der Waals surface area contributed by atoms with Gasteiger partial charge in [0.25, 0.3) is 5.91 Å². The first-order chi connectivity index (χ1) is 11.9. The number of aromatic carboxylic acids is 1. The van der Waals surface area contributed by atoms with Crippen molar-refractivity contribution in [3.63, 3.8) is 0 Å². The Labute approximate surface area is 150 Å². The van der Waals surface area contributed by atoms with Crippen LogP contribution in [0.2, 0.25) is 0 Å². The molecule has 0 fully saturated rings. The Morgan fingerprint density at radius 3 is 2.40 bits per heavy atom. The van der Waals surface area contributed by atoms with Gasteiger partial charge in [0.15, 0.2) is 5.60 Å². The van der Waals surface area contributed by atoms with E-state index in [1.165, 1.54) is 44.2 Å². The summed E-state index contributed by atoms with van der Waals surface area (Å²) in [6.07, 6.45) is 8.17. The first kappa shape index (κ1) is 19.3. The van der Waals surface area contributed by atoms with Gasteiger partial charge in [-0.15, -0.1) is 0 Å². The van der Waals surface area contributed by atoms with Crippen molar-refractivity contribution in [2.75, 3.05) is 11.4 Å². The van der Waals surface area contributed by atoms with E-state index in [4.69, 9.17) is 4.74 Å². The lowest BCUT2D eigenvalue weighted by Crippen LogP contribution is -2.52. The van der Waals surface area contributed by atoms with Crippen LogP contribution in [0.3, 0.4) is 0 Å². The molecule has 25 heavy (non-hydrogen) atoms. The number of carbonyl (C=O) groups is 2. The number of carbonyl (C=O) groups excluding carboxylic acids is 1. The van der Waals surface area contributed by atoms with E-state index in [1.807, 2.05) is 0 Å². The van der Waals surface area contributed by atoms with Crippen molar-refractivity contribution in [1.82, 2.24) is 0 Å². The van der Waals surface area contributed by atoms with E-state index in [0.29, 0.717) is 18.0 Å². The zero-order valence-electron chi connectivity index (χ0n) is 15.5. The maximum Gasteiger partial charge on any atom is 0.335 e. The van der Waals surface area contributed by atoms with E-state index >= 15 is 0 Å². The molecule has 1 aromatic carbocycles. The Morgan fingerprint density at radius 1 is 1.12 bits per heavy atom. The van der Waals surface area contributed by atoms with E-state index in [2.05, 4.69) is 6.92 Å². The van der Waals surface area contributed by atoms with Crippen molar-refractivity contribution < 1.29 is 19.4 Å². The van der Waals surface area contributed by atoms with Gasteiger partial charge in [-0.1, -0.05) is 45.4 Å². The Morgan fingerprint density at radius 2 is 1.76 bits per heavy atom. The van der Waals surface area contributed by atoms with Crippen molar-refractivity contribution >= 4 is 17.6 Å². The maximum atomic E-state index is 12.7. The summed E-state index contributed by atoms with van der Waals surface area (Å²) in [5.41, 5.74) is -0.201. The van der Waals surface area contributed by atoms with Gasteiger partial charge in [-0.05, 0) is 38.5 Å². The number of anilines is 1. The Kier molecular flexibility index (Phi) is 6.45. The normalized spacial score (nSPS) is 15.6. The van der Waals surface area contributed by atoms with Gasteiger partial charge in [0, 0.05) is 6.54 Å². The van der Waals surface area contributed by atoms with E-state index in [-0.39, 0.29) is 11.5 Å². The number of ether oxygens (including phenoxy) is 1. The molecule has 1 amide bonds. The van der Waals surface area contributed by atoms with E-state index < -0.39 is 11.6 Å². The van der Waals surface area contributed by atoms with Gasteiger partial charge in [-0.3, -0.25) is 4.79 Å². The average molecular weight is 347 g/mol. The van der Waals surface area contributed by atoms with Crippen molar-refractivity contribution in [3.05, 3.63) is 23.8 Å². The molecule has 0 saturated heterocycles. The average Bonchev–Trinajstić information content (AvgIpc) is 2.56. The van der Waals surface area contributed by atoms with Crippen LogP contribution in [0.25, 0.3) is 0 Å². The second kappa shape index (κ2) is 8.37. The number of nitrogens with zero attached hydrogens (tertiary/aromatic N) is 1. The molecule has 1 heterocycles. The highest BCUT2D eigenvalue weighted by Crippen LogP contribution is 2.38. The van der Waals surface area contributed by atoms with Crippen LogP contribution in [0, 0.1) is 0 Å². The minimum atomic E-state index is -1.00. The molecule has 0 saturated carbocycles. The van der Waals surface area contributed by atoms with Crippen LogP contribution >= 0.6 is 0 Å². The number of amides is 1. The van der Waals surface area contributed by atoms with Gasteiger partial charge in [0.2, 0.25) is 0 Å². The molecule has 0 bridgehead atoms. The molecule has 138 valence electrons. The molecule has 2 rings (SSSR count). The standard InChI is InChI=1S/C20H29NO4/c1-4-5-6-7-8-9-10-13-21-16-14-15(18(22)23)11-12-17(16)25-20(2,3)19(21)24/h11-12,14H,4-10,13H2,1-3H3,(H,22,23). The SMILES string of the molecule is CCCCCCCCCN1C(=O)C(C)(C)Oc2ccc(C(=O)O)cc21. The van der Waals surface area contributed by atoms with Gasteiger partial charge in [0.1, 0.15) is 5.75 Å². The molecular formula is C20H29NO4. The topological polar surface area (TPSA) is 66.8 Å². The van der Waals surface area contributed by atoms with Crippen molar-refractivity contribution in [2.45, 2.75) is 71.3 Å². The van der Waals surface area contributed by atoms with E-state index in [1.54, 1.807) is 24.8 Å². The highest BCUT2D eigenvalue weighted by atomic mass is 16.5. The van der Waals surface area contributed by atoms with Crippen LogP contribution in [0.1, 0.15) is 76.1 Å². The lowest BCUT2D eigenvalue weighted by molar-refractivity contribution is -0.132. The quantitative estimate of drug-likeness (QED) is 0.661. The summed E-state index contributed by atoms with van der Waals surface area (Å²) < 4.78 is 5.78. The van der Waals surface area contributed by atoms with E-state index in [0.717, 1.165) is 12.8 Å². The highest BCUT2D eigenvalue weighted by Gasteiger charge is 2.40. The number of carboxylic acid groups (broad SMARTS) is 1. The molecule has 5 nitrogen and oxygen atoms in total. The Bertz CT molecular complexity index is 624. The van der Waals surface area contributed by atoms with E-state index in [9.17, 15) is 14.7 Å². The molecule has 0 spiro atoms. The first-order valence-corrected chi connectivity index (χ1v) is 9.25. The van der Waals surface area contributed by atoms with Gasteiger partial charge in [-0.25, -0.2) is 4.79 Å². The predicted octanol–water partition coefficient (Wildman–Crippen LogP) is 4.64. The van der Waals surface area contributed by atoms with Gasteiger partial charge >= 0.3 is 5.97 Å². The van der Waals surface area contributed by atoms with Crippen molar-refractivity contribution in [3.8, 4) is 5.75 Å². The Hall–Kier alpha value is -2.04. The monoisotopic (exact) mass is 347 g/mol. The van der Waals surface area contributed by atoms with Crippen LogP contribution in [-0.4, -0.2) is 29.1 Å². The smallest absolute Gasteiger partial charge is 0.335 e. The van der Waals surface area contributed by atoms with Crippen molar-refractivity contribution in [2.24, 2.45) is 0 Å². The summed E-state index contributed by atoms with van der Waals surface area (Å²) >= 11 is 0. The van der Waals surface area contributed by atoms with Crippen LogP contribution in [0.15, 0.2) is 18.2 Å². The zero-order chi connectivity index (χ0) is 18.4. The third kappa shape index (κ3) is 4.74. The largest absolute Gasteiger partial charge is 0.478 e. The van der Waals surface area contributed by atoms with Crippen LogP contribution in [0.5, 0.6) is 5.75 Å². The number of rotatable bonds is 9. The number of hydrogen-bond acceptors (Lipinski definition) is 3. The zero-order valence-corrected chi connectivity index (χ0v) is 15.5. The molecule has 0 aromatic heterocycles. The van der Waals surface area contributed by atoms with Crippen LogP contribution in [0.4, 0.5) is 5.69 Å². The fourth-order valence-corrected chi connectivity index (χ4v) is 3.15. The number of fused-ring (bicyclic) bond motifs is 1. The molecule has 1 aliphatic heterocycles. The minimum Gasteiger partial charge on any atom is -0.478 e. The summed E-state index contributed by atoms with van der Waals surface area (Å²) in [5.74, 6) is -0.554. The number of hydrogen-bond donors (Lipinski definition) is 1. The third-order valence-electron chi connectivity index (χ3n) is 4.61. The van der Waals surface area contributed by atoms with Crippen LogP contribution < -0.4 is 9.64 Å². The fourth-order valence-electron chi connectivity index (χ4n) is 3.15. The highest BCUT2D eigenvalue weighted by molar-refractivity contribution is 6.03. The predicted molar refractivity (Wildman–Crippen MR) is 98.5 cm³/mol. The van der Waals surface area contributed by atoms with Gasteiger partial charge in [0.05, 0.1) is 11.3 Å². The maximum absolute atomic E-state index is 12.7. The third-order valence-corrected chi connectivity index (χ3v) is 4.61. The molecule has 0 atom stereocenters. The molecule has 0 aliphatic carbocycles. The molecule has 1 aromatic rings. The summed E-state index contributed by atoms with van der Waals surface area (Å²) in [6.45, 7) is 6.30. The molecule has 1 aliphatic rings. The molecule has 0 unspecified atom stereocenters. The molecular weight excluding hydrogens is 318 g/mol. The lowest BCUT2D eigenvalue weighted by Gasteiger charge is -2.39. The number of carboxylic acids is 1. The van der Waals surface area contributed by atoms with Gasteiger partial charge < -0.3 is 14.7 Å². The minimum absolute atomic E-state index is 0.117. The summed E-state index contributed by atoms with van der Waals surface area (Å²) in [6, 6.07) is 4.69. The summed E-state index contributed by atoms with van der Waals surface area (Å²) in [5, 5.41) is 9.21. The molecule has 0 radical (unpaired) electrons. The number of unbranched alkanes of at least 4 members (excludes halogenated alkanes) is 6. The van der Waals surface area contributed by atoms with Crippen molar-refractivity contribution in [1.29, 1.82) is 0 Å². The summed E-state index contributed by atoms with van der Waals surface area (Å²) in [4.78, 5) is 25.7. The first-order valence-electron chi connectivity index (χ1n) is 9.25. The molecule has 1 N–H and O–H groups in total. The van der Waals surface area contributed by atoms with Gasteiger partial charge in [-0.2, -0.15) is 0 Å². The second-order valence-electron chi connectivity index (χ2n) is 7.18. The second-order valence-corrected chi connectivity index (χ2v) is 7.18. The van der Waals surface area contributed by atoms with Crippen LogP contribution in [-0.2, 0) is 4.79 Å². The summed E-state index contributed by atoms with van der Waals surface area (Å²) in [7, 11) is 0. The Balaban J connectivity index is 2.06. The number of benzene rings is 1. The molecule has 5 heteroatoms. The fraction of sp³-hybridized carbons (Fsp3) is 0.600. The lowest BCUT2D eigenvalue weighted by atomic mass is 10.0.